The van der Waals surface area contributed by atoms with Crippen LogP contribution in [0.15, 0.2) is 36.4 Å². The molecule has 0 saturated heterocycles. The number of carbonyl (C=O) groups excluding carboxylic acids is 2. The van der Waals surface area contributed by atoms with Crippen LogP contribution in [0.4, 0.5) is 4.39 Å². The van der Waals surface area contributed by atoms with Crippen molar-refractivity contribution in [2.24, 2.45) is 0 Å². The van der Waals surface area contributed by atoms with Gasteiger partial charge in [0.1, 0.15) is 11.4 Å². The van der Waals surface area contributed by atoms with E-state index in [1.165, 1.54) is 19.2 Å². The first-order chi connectivity index (χ1) is 16.2. The second kappa shape index (κ2) is 10.8. The van der Waals surface area contributed by atoms with Crippen molar-refractivity contribution in [2.45, 2.75) is 50.2 Å². The third-order valence-electron chi connectivity index (χ3n) is 6.76. The molecule has 1 aliphatic carbocycles. The van der Waals surface area contributed by atoms with Gasteiger partial charge in [-0.15, -0.1) is 0 Å². The molecule has 1 fully saturated rings. The van der Waals surface area contributed by atoms with Gasteiger partial charge in [-0.05, 0) is 67.0 Å². The normalized spacial score (nSPS) is 22.3. The van der Waals surface area contributed by atoms with E-state index in [1.807, 2.05) is 25.1 Å². The molecule has 0 radical (unpaired) electrons. The van der Waals surface area contributed by atoms with E-state index in [0.717, 1.165) is 16.7 Å². The van der Waals surface area contributed by atoms with Crippen LogP contribution in [0.25, 0.3) is 11.1 Å². The molecule has 8 heteroatoms. The van der Waals surface area contributed by atoms with E-state index in [4.69, 9.17) is 25.8 Å². The molecule has 0 bridgehead atoms. The number of hydrogen-bond donors (Lipinski definition) is 1. The number of halogens is 2. The maximum absolute atomic E-state index is 13.9. The largest absolute Gasteiger partial charge is 0.467 e. The average molecular weight is 492 g/mol. The van der Waals surface area contributed by atoms with Crippen molar-refractivity contribution in [3.05, 3.63) is 58.4 Å². The first kappa shape index (κ1) is 26.1. The SMILES string of the molecule is COC[C@]1(OC)CC[C@@](NC(=O)Cc2cc(-c3ccc(Cl)c(F)c3)ccc2C)(C(=O)OC)CC1. The summed E-state index contributed by atoms with van der Waals surface area (Å²) in [5, 5.41) is 3.01. The Kier molecular flexibility index (Phi) is 8.34. The zero-order chi connectivity index (χ0) is 24.9. The highest BCUT2D eigenvalue weighted by atomic mass is 35.5. The summed E-state index contributed by atoms with van der Waals surface area (Å²) in [5.41, 5.74) is 1.53. The highest BCUT2D eigenvalue weighted by Crippen LogP contribution is 2.38. The Bertz CT molecular complexity index is 1050. The summed E-state index contributed by atoms with van der Waals surface area (Å²) >= 11 is 5.80. The molecule has 3 rings (SSSR count). The number of hydrogen-bond acceptors (Lipinski definition) is 5. The molecule has 2 aromatic rings. The van der Waals surface area contributed by atoms with Crippen LogP contribution in [-0.2, 0) is 30.2 Å². The van der Waals surface area contributed by atoms with Crippen LogP contribution in [0.1, 0.15) is 36.8 Å². The fraction of sp³-hybridized carbons (Fsp3) is 0.462. The van der Waals surface area contributed by atoms with Crippen LogP contribution in [-0.4, -0.2) is 51.0 Å². The molecule has 0 aromatic heterocycles. The van der Waals surface area contributed by atoms with Crippen molar-refractivity contribution >= 4 is 23.5 Å². The molecule has 0 unspecified atom stereocenters. The molecular weight excluding hydrogens is 461 g/mol. The molecule has 1 amide bonds. The summed E-state index contributed by atoms with van der Waals surface area (Å²) in [7, 11) is 4.56. The predicted molar refractivity (Wildman–Crippen MR) is 128 cm³/mol. The van der Waals surface area contributed by atoms with Crippen molar-refractivity contribution in [3.63, 3.8) is 0 Å². The van der Waals surface area contributed by atoms with Crippen molar-refractivity contribution in [2.75, 3.05) is 27.9 Å². The predicted octanol–water partition coefficient (Wildman–Crippen LogP) is 4.63. The molecule has 0 aliphatic heterocycles. The van der Waals surface area contributed by atoms with Crippen molar-refractivity contribution in [1.82, 2.24) is 5.32 Å². The van der Waals surface area contributed by atoms with Crippen LogP contribution in [0.5, 0.6) is 0 Å². The Balaban J connectivity index is 1.79. The van der Waals surface area contributed by atoms with E-state index in [2.05, 4.69) is 5.32 Å². The van der Waals surface area contributed by atoms with E-state index in [0.29, 0.717) is 37.9 Å². The number of carbonyl (C=O) groups is 2. The summed E-state index contributed by atoms with van der Waals surface area (Å²) in [6.07, 6.45) is 1.92. The maximum Gasteiger partial charge on any atom is 0.331 e. The number of methoxy groups -OCH3 is 3. The highest BCUT2D eigenvalue weighted by molar-refractivity contribution is 6.30. The Morgan fingerprint density at radius 3 is 2.26 bits per heavy atom. The average Bonchev–Trinajstić information content (AvgIpc) is 2.83. The Hall–Kier alpha value is -2.48. The van der Waals surface area contributed by atoms with Gasteiger partial charge in [-0.1, -0.05) is 35.9 Å². The van der Waals surface area contributed by atoms with E-state index in [1.54, 1.807) is 20.3 Å². The molecule has 0 heterocycles. The first-order valence-corrected chi connectivity index (χ1v) is 11.5. The monoisotopic (exact) mass is 491 g/mol. The molecule has 184 valence electrons. The van der Waals surface area contributed by atoms with Gasteiger partial charge in [0.05, 0.1) is 30.8 Å². The third kappa shape index (κ3) is 5.59. The van der Waals surface area contributed by atoms with Crippen LogP contribution in [0.2, 0.25) is 5.02 Å². The summed E-state index contributed by atoms with van der Waals surface area (Å²) in [6, 6.07) is 10.2. The Morgan fingerprint density at radius 2 is 1.68 bits per heavy atom. The van der Waals surface area contributed by atoms with Gasteiger partial charge < -0.3 is 19.5 Å². The third-order valence-corrected chi connectivity index (χ3v) is 7.07. The van der Waals surface area contributed by atoms with Crippen LogP contribution in [0, 0.1) is 12.7 Å². The number of esters is 1. The minimum atomic E-state index is -1.12. The minimum Gasteiger partial charge on any atom is -0.467 e. The molecule has 1 N–H and O–H groups in total. The van der Waals surface area contributed by atoms with Gasteiger partial charge in [0.2, 0.25) is 5.91 Å². The van der Waals surface area contributed by atoms with Gasteiger partial charge in [0.15, 0.2) is 0 Å². The van der Waals surface area contributed by atoms with E-state index < -0.39 is 22.9 Å². The number of amides is 1. The van der Waals surface area contributed by atoms with Crippen LogP contribution < -0.4 is 5.32 Å². The van der Waals surface area contributed by atoms with E-state index >= 15 is 0 Å². The van der Waals surface area contributed by atoms with E-state index in [-0.39, 0.29) is 17.4 Å². The fourth-order valence-electron chi connectivity index (χ4n) is 4.58. The van der Waals surface area contributed by atoms with Gasteiger partial charge in [-0.2, -0.15) is 0 Å². The van der Waals surface area contributed by atoms with Crippen LogP contribution >= 0.6 is 11.6 Å². The van der Waals surface area contributed by atoms with Crippen molar-refractivity contribution < 1.29 is 28.2 Å². The number of benzene rings is 2. The molecule has 6 nitrogen and oxygen atoms in total. The van der Waals surface area contributed by atoms with E-state index in [9.17, 15) is 14.0 Å². The van der Waals surface area contributed by atoms with Crippen molar-refractivity contribution in [1.29, 1.82) is 0 Å². The molecule has 1 aliphatic rings. The lowest BCUT2D eigenvalue weighted by atomic mass is 9.73. The number of aryl methyl sites for hydroxylation is 1. The summed E-state index contributed by atoms with van der Waals surface area (Å²) in [6.45, 7) is 2.31. The second-order valence-electron chi connectivity index (χ2n) is 8.89. The molecular formula is C26H31ClFNO5. The lowest BCUT2D eigenvalue weighted by molar-refractivity contribution is -0.158. The lowest BCUT2D eigenvalue weighted by Crippen LogP contribution is -2.60. The molecule has 2 aromatic carbocycles. The smallest absolute Gasteiger partial charge is 0.331 e. The molecule has 0 atom stereocenters. The van der Waals surface area contributed by atoms with Gasteiger partial charge in [-0.3, -0.25) is 4.79 Å². The van der Waals surface area contributed by atoms with Crippen LogP contribution in [0.3, 0.4) is 0 Å². The summed E-state index contributed by atoms with van der Waals surface area (Å²) < 4.78 is 30.0. The van der Waals surface area contributed by atoms with Gasteiger partial charge in [-0.25, -0.2) is 9.18 Å². The number of rotatable bonds is 8. The minimum absolute atomic E-state index is 0.0547. The Morgan fingerprint density at radius 1 is 1.03 bits per heavy atom. The zero-order valence-electron chi connectivity index (χ0n) is 20.0. The fourth-order valence-corrected chi connectivity index (χ4v) is 4.70. The second-order valence-corrected chi connectivity index (χ2v) is 9.30. The standard InChI is InChI=1S/C26H31ClFNO5/c1-17-5-6-18(19-7-8-21(27)22(28)14-19)13-20(17)15-23(30)29-26(24(31)33-3)11-9-25(34-4,10-12-26)16-32-2/h5-8,13-14H,9-12,15-16H2,1-4H3,(H,29,30)/t25-,26-. The molecule has 1 saturated carbocycles. The van der Waals surface area contributed by atoms with Crippen molar-refractivity contribution in [3.8, 4) is 11.1 Å². The quantitative estimate of drug-likeness (QED) is 0.545. The Labute approximate surface area is 204 Å². The lowest BCUT2D eigenvalue weighted by Gasteiger charge is -2.44. The van der Waals surface area contributed by atoms with Gasteiger partial charge >= 0.3 is 5.97 Å². The van der Waals surface area contributed by atoms with Gasteiger partial charge in [0.25, 0.3) is 0 Å². The first-order valence-electron chi connectivity index (χ1n) is 11.2. The topological polar surface area (TPSA) is 73.9 Å². The molecule has 0 spiro atoms. The number of nitrogens with one attached hydrogen (secondary N) is 1. The summed E-state index contributed by atoms with van der Waals surface area (Å²) in [5.74, 6) is -1.26. The zero-order valence-corrected chi connectivity index (χ0v) is 20.8. The number of ether oxygens (including phenoxy) is 3. The highest BCUT2D eigenvalue weighted by Gasteiger charge is 2.49. The maximum atomic E-state index is 13.9. The summed E-state index contributed by atoms with van der Waals surface area (Å²) in [4.78, 5) is 25.9. The molecule has 34 heavy (non-hydrogen) atoms. The van der Waals surface area contributed by atoms with Gasteiger partial charge in [0, 0.05) is 14.2 Å².